The molecule has 356 valence electrons. The lowest BCUT2D eigenvalue weighted by Crippen LogP contribution is -2.30. The first kappa shape index (κ1) is 58.6. The first-order chi connectivity index (χ1) is 30.0. The summed E-state index contributed by atoms with van der Waals surface area (Å²) >= 11 is 0. The van der Waals surface area contributed by atoms with Crippen LogP contribution in [0.25, 0.3) is 0 Å². The lowest BCUT2D eigenvalue weighted by molar-refractivity contribution is -0.167. The SMILES string of the molecule is CCCCCC/C=C\C/C=C\CCCCCCCC(=O)OC(COC(=O)CCCCCCCC)COC(=O)CCCCCCCCCCC/C=C\CCCCCCCCCC. The first-order valence-corrected chi connectivity index (χ1v) is 26.5. The fourth-order valence-electron chi connectivity index (χ4n) is 7.59. The van der Waals surface area contributed by atoms with E-state index < -0.39 is 6.10 Å². The van der Waals surface area contributed by atoms with E-state index in [2.05, 4.69) is 57.2 Å². The van der Waals surface area contributed by atoms with Gasteiger partial charge in [0.05, 0.1) is 0 Å². The van der Waals surface area contributed by atoms with E-state index in [9.17, 15) is 14.4 Å². The molecule has 0 aliphatic rings. The summed E-state index contributed by atoms with van der Waals surface area (Å²) < 4.78 is 16.7. The number of rotatable bonds is 48. The maximum Gasteiger partial charge on any atom is 0.306 e. The molecule has 0 aliphatic heterocycles. The van der Waals surface area contributed by atoms with Gasteiger partial charge in [0, 0.05) is 19.3 Å². The van der Waals surface area contributed by atoms with Crippen LogP contribution in [-0.2, 0) is 28.6 Å². The maximum absolute atomic E-state index is 12.7. The molecule has 0 amide bonds. The molecule has 0 heterocycles. The molecule has 6 nitrogen and oxygen atoms in total. The minimum Gasteiger partial charge on any atom is -0.462 e. The van der Waals surface area contributed by atoms with Crippen molar-refractivity contribution in [3.8, 4) is 0 Å². The molecular formula is C55H100O6. The second kappa shape index (κ2) is 50.3. The largest absolute Gasteiger partial charge is 0.462 e. The molecule has 0 fully saturated rings. The Kier molecular flexibility index (Phi) is 48.3. The van der Waals surface area contributed by atoms with Crippen molar-refractivity contribution in [1.82, 2.24) is 0 Å². The van der Waals surface area contributed by atoms with Gasteiger partial charge in [0.15, 0.2) is 6.10 Å². The van der Waals surface area contributed by atoms with Crippen molar-refractivity contribution < 1.29 is 28.6 Å². The molecule has 0 bridgehead atoms. The predicted octanol–water partition coefficient (Wildman–Crippen LogP) is 17.3. The third-order valence-electron chi connectivity index (χ3n) is 11.6. The summed E-state index contributed by atoms with van der Waals surface area (Å²) in [4.78, 5) is 37.7. The Morgan fingerprint density at radius 2 is 0.590 bits per heavy atom. The van der Waals surface area contributed by atoms with Crippen molar-refractivity contribution in [2.45, 2.75) is 284 Å². The van der Waals surface area contributed by atoms with Crippen molar-refractivity contribution in [1.29, 1.82) is 0 Å². The van der Waals surface area contributed by atoms with Crippen molar-refractivity contribution in [2.24, 2.45) is 0 Å². The molecule has 0 saturated carbocycles. The second-order valence-electron chi connectivity index (χ2n) is 17.8. The number of carbonyl (C=O) groups excluding carboxylic acids is 3. The van der Waals surface area contributed by atoms with Gasteiger partial charge in [-0.2, -0.15) is 0 Å². The molecule has 61 heavy (non-hydrogen) atoms. The molecule has 6 heteroatoms. The van der Waals surface area contributed by atoms with Crippen molar-refractivity contribution in [3.63, 3.8) is 0 Å². The standard InChI is InChI=1S/C55H100O6/c1-4-7-10-13-16-18-20-22-24-26-27-28-29-30-32-33-35-37-39-42-45-48-54(57)60-51-52(50-59-53(56)47-44-41-15-12-9-6-3)61-55(58)49-46-43-40-38-36-34-31-25-23-21-19-17-14-11-8-5-2/h19,21,25-27,31,52H,4-18,20,22-24,28-30,32-51H2,1-3H3/b21-19-,27-26-,31-25-. The van der Waals surface area contributed by atoms with Crippen LogP contribution in [0, 0.1) is 0 Å². The van der Waals surface area contributed by atoms with E-state index in [4.69, 9.17) is 14.2 Å². The molecule has 1 atom stereocenters. The number of allylic oxidation sites excluding steroid dienone is 6. The van der Waals surface area contributed by atoms with E-state index in [1.807, 2.05) is 0 Å². The van der Waals surface area contributed by atoms with Gasteiger partial charge >= 0.3 is 17.9 Å². The van der Waals surface area contributed by atoms with Crippen molar-refractivity contribution in [3.05, 3.63) is 36.5 Å². The third-order valence-corrected chi connectivity index (χ3v) is 11.6. The van der Waals surface area contributed by atoms with Gasteiger partial charge in [0.1, 0.15) is 13.2 Å². The Morgan fingerprint density at radius 3 is 0.934 bits per heavy atom. The number of hydrogen-bond acceptors (Lipinski definition) is 6. The van der Waals surface area contributed by atoms with Crippen LogP contribution in [0.1, 0.15) is 278 Å². The molecule has 0 rings (SSSR count). The molecule has 0 saturated heterocycles. The zero-order chi connectivity index (χ0) is 44.4. The molecule has 0 aliphatic carbocycles. The average Bonchev–Trinajstić information content (AvgIpc) is 3.26. The summed E-state index contributed by atoms with van der Waals surface area (Å²) in [5.74, 6) is -0.894. The fraction of sp³-hybridized carbons (Fsp3) is 0.836. The Labute approximate surface area is 378 Å². The highest BCUT2D eigenvalue weighted by Gasteiger charge is 2.19. The van der Waals surface area contributed by atoms with Crippen LogP contribution in [0.3, 0.4) is 0 Å². The van der Waals surface area contributed by atoms with Crippen LogP contribution in [0.4, 0.5) is 0 Å². The molecule has 1 unspecified atom stereocenters. The minimum absolute atomic E-state index is 0.0772. The monoisotopic (exact) mass is 857 g/mol. The fourth-order valence-corrected chi connectivity index (χ4v) is 7.59. The summed E-state index contributed by atoms with van der Waals surface area (Å²) in [6.07, 6.45) is 58.7. The van der Waals surface area contributed by atoms with Gasteiger partial charge in [-0.15, -0.1) is 0 Å². The van der Waals surface area contributed by atoms with Crippen LogP contribution in [0.5, 0.6) is 0 Å². The highest BCUT2D eigenvalue weighted by atomic mass is 16.6. The Morgan fingerprint density at radius 1 is 0.328 bits per heavy atom. The molecule has 0 radical (unpaired) electrons. The normalized spacial score (nSPS) is 12.2. The lowest BCUT2D eigenvalue weighted by Gasteiger charge is -2.18. The number of esters is 3. The lowest BCUT2D eigenvalue weighted by atomic mass is 10.1. The third kappa shape index (κ3) is 48.5. The molecule has 0 spiro atoms. The van der Waals surface area contributed by atoms with E-state index in [1.165, 1.54) is 154 Å². The van der Waals surface area contributed by atoms with Gasteiger partial charge in [0.25, 0.3) is 0 Å². The van der Waals surface area contributed by atoms with Crippen molar-refractivity contribution in [2.75, 3.05) is 13.2 Å². The number of carbonyl (C=O) groups is 3. The van der Waals surface area contributed by atoms with Crippen LogP contribution >= 0.6 is 0 Å². The van der Waals surface area contributed by atoms with Gasteiger partial charge in [-0.1, -0.05) is 218 Å². The Hall–Kier alpha value is -2.37. The maximum atomic E-state index is 12.7. The number of unbranched alkanes of at least 4 members (excludes halogenated alkanes) is 31. The summed E-state index contributed by atoms with van der Waals surface area (Å²) in [5, 5.41) is 0. The Bertz CT molecular complexity index is 1030. The summed E-state index contributed by atoms with van der Waals surface area (Å²) in [6.45, 7) is 6.57. The van der Waals surface area contributed by atoms with Gasteiger partial charge in [-0.05, 0) is 77.0 Å². The highest BCUT2D eigenvalue weighted by Crippen LogP contribution is 2.15. The molecular weight excluding hydrogens is 757 g/mol. The van der Waals surface area contributed by atoms with Gasteiger partial charge < -0.3 is 14.2 Å². The average molecular weight is 857 g/mol. The highest BCUT2D eigenvalue weighted by molar-refractivity contribution is 5.71. The number of ether oxygens (including phenoxy) is 3. The van der Waals surface area contributed by atoms with Gasteiger partial charge in [-0.3, -0.25) is 14.4 Å². The minimum atomic E-state index is -0.775. The van der Waals surface area contributed by atoms with Crippen LogP contribution in [0.15, 0.2) is 36.5 Å². The van der Waals surface area contributed by atoms with Gasteiger partial charge in [-0.25, -0.2) is 0 Å². The quantitative estimate of drug-likeness (QED) is 0.0262. The smallest absolute Gasteiger partial charge is 0.306 e. The van der Waals surface area contributed by atoms with Crippen LogP contribution < -0.4 is 0 Å². The van der Waals surface area contributed by atoms with Crippen LogP contribution in [-0.4, -0.2) is 37.2 Å². The summed E-state index contributed by atoms with van der Waals surface area (Å²) in [5.41, 5.74) is 0. The van der Waals surface area contributed by atoms with E-state index in [-0.39, 0.29) is 31.1 Å². The predicted molar refractivity (Wildman–Crippen MR) is 261 cm³/mol. The van der Waals surface area contributed by atoms with E-state index >= 15 is 0 Å². The van der Waals surface area contributed by atoms with Crippen LogP contribution in [0.2, 0.25) is 0 Å². The summed E-state index contributed by atoms with van der Waals surface area (Å²) in [6, 6.07) is 0. The topological polar surface area (TPSA) is 78.9 Å². The first-order valence-electron chi connectivity index (χ1n) is 26.5. The summed E-state index contributed by atoms with van der Waals surface area (Å²) in [7, 11) is 0. The van der Waals surface area contributed by atoms with E-state index in [1.54, 1.807) is 0 Å². The zero-order valence-electron chi connectivity index (χ0n) is 40.7. The van der Waals surface area contributed by atoms with E-state index in [0.717, 1.165) is 83.5 Å². The zero-order valence-corrected chi connectivity index (χ0v) is 40.7. The molecule has 0 N–H and O–H groups in total. The number of hydrogen-bond donors (Lipinski definition) is 0. The van der Waals surface area contributed by atoms with E-state index in [0.29, 0.717) is 19.3 Å². The molecule has 0 aromatic heterocycles. The van der Waals surface area contributed by atoms with Crippen molar-refractivity contribution >= 4 is 17.9 Å². The van der Waals surface area contributed by atoms with Gasteiger partial charge in [0.2, 0.25) is 0 Å². The Balaban J connectivity index is 4.18. The molecule has 0 aromatic rings. The molecule has 0 aromatic carbocycles. The second-order valence-corrected chi connectivity index (χ2v) is 17.8.